The van der Waals surface area contributed by atoms with Gasteiger partial charge in [-0.05, 0) is 66.4 Å². The predicted molar refractivity (Wildman–Crippen MR) is 132 cm³/mol. The molecule has 0 spiro atoms. The molecule has 0 radical (unpaired) electrons. The molecule has 7 heteroatoms. The lowest BCUT2D eigenvalue weighted by atomic mass is 10.0. The smallest absolute Gasteiger partial charge is 0.237 e. The van der Waals surface area contributed by atoms with Gasteiger partial charge in [-0.15, -0.1) is 0 Å². The third-order valence-corrected chi connectivity index (χ3v) is 5.51. The van der Waals surface area contributed by atoms with Crippen LogP contribution in [0.4, 0.5) is 5.69 Å². The number of fused-ring (bicyclic) bond motifs is 1. The first-order valence-corrected chi connectivity index (χ1v) is 11.2. The van der Waals surface area contributed by atoms with Crippen molar-refractivity contribution in [3.05, 3.63) is 72.3 Å². The molecule has 0 unspecified atom stereocenters. The minimum atomic E-state index is -0.657. The zero-order chi connectivity index (χ0) is 23.6. The number of benzene rings is 3. The molecule has 3 aromatic rings. The highest BCUT2D eigenvalue weighted by atomic mass is 16.5. The Balaban J connectivity index is 1.69. The summed E-state index contributed by atoms with van der Waals surface area (Å²) in [7, 11) is 1.61. The third-order valence-electron chi connectivity index (χ3n) is 5.51. The summed E-state index contributed by atoms with van der Waals surface area (Å²) in [6, 6.07) is 20.2. The van der Waals surface area contributed by atoms with Crippen LogP contribution in [0.2, 0.25) is 0 Å². The standard InChI is InChI=1S/C26H32N4O3/c1-33-23-12-8-18(9-13-23)15-22(30-26(32)24(28)7-4-14-27)17-25(31)29-21-11-10-19-5-2-3-6-20(19)16-21/h2-3,5-6,8-13,16,22,24H,4,7,14-15,17,27-28H2,1H3,(H,29,31)(H,30,32)/t22-,24-/m0/s1. The van der Waals surface area contributed by atoms with Crippen LogP contribution in [-0.2, 0) is 16.0 Å². The molecule has 0 aliphatic carbocycles. The number of nitrogens with one attached hydrogen (secondary N) is 2. The summed E-state index contributed by atoms with van der Waals surface area (Å²) in [6.45, 7) is 0.477. The van der Waals surface area contributed by atoms with Gasteiger partial charge in [0.2, 0.25) is 11.8 Å². The highest BCUT2D eigenvalue weighted by Gasteiger charge is 2.21. The zero-order valence-corrected chi connectivity index (χ0v) is 18.9. The van der Waals surface area contributed by atoms with E-state index in [-0.39, 0.29) is 18.2 Å². The van der Waals surface area contributed by atoms with Gasteiger partial charge in [0.25, 0.3) is 0 Å². The van der Waals surface area contributed by atoms with Crippen LogP contribution in [0.5, 0.6) is 5.75 Å². The molecule has 0 aliphatic rings. The van der Waals surface area contributed by atoms with Crippen LogP contribution in [0.25, 0.3) is 10.8 Å². The first-order valence-electron chi connectivity index (χ1n) is 11.2. The van der Waals surface area contributed by atoms with E-state index in [0.717, 1.165) is 22.1 Å². The van der Waals surface area contributed by atoms with Crippen molar-refractivity contribution in [1.82, 2.24) is 5.32 Å². The van der Waals surface area contributed by atoms with E-state index in [1.807, 2.05) is 66.7 Å². The molecule has 7 nitrogen and oxygen atoms in total. The van der Waals surface area contributed by atoms with Crippen molar-refractivity contribution in [2.75, 3.05) is 19.0 Å². The van der Waals surface area contributed by atoms with Gasteiger partial charge in [0.15, 0.2) is 0 Å². The lowest BCUT2D eigenvalue weighted by Crippen LogP contribution is -2.47. The topological polar surface area (TPSA) is 119 Å². The quantitative estimate of drug-likeness (QED) is 0.360. The van der Waals surface area contributed by atoms with Crippen LogP contribution in [0.15, 0.2) is 66.7 Å². The third kappa shape index (κ3) is 7.30. The number of amides is 2. The second kappa shape index (κ2) is 12.0. The van der Waals surface area contributed by atoms with Gasteiger partial charge in [-0.3, -0.25) is 9.59 Å². The van der Waals surface area contributed by atoms with Crippen LogP contribution in [0, 0.1) is 0 Å². The normalized spacial score (nSPS) is 12.7. The summed E-state index contributed by atoms with van der Waals surface area (Å²) in [6.07, 6.45) is 1.78. The molecule has 0 saturated heterocycles. The first-order chi connectivity index (χ1) is 16.0. The summed E-state index contributed by atoms with van der Waals surface area (Å²) in [4.78, 5) is 25.5. The van der Waals surface area contributed by atoms with E-state index in [1.54, 1.807) is 7.11 Å². The van der Waals surface area contributed by atoms with E-state index < -0.39 is 12.1 Å². The second-order valence-electron chi connectivity index (χ2n) is 8.11. The van der Waals surface area contributed by atoms with E-state index in [1.165, 1.54) is 0 Å². The molecule has 0 bridgehead atoms. The van der Waals surface area contributed by atoms with Crippen molar-refractivity contribution in [3.63, 3.8) is 0 Å². The molecule has 0 fully saturated rings. The maximum Gasteiger partial charge on any atom is 0.237 e. The fourth-order valence-corrected chi connectivity index (χ4v) is 3.70. The Labute approximate surface area is 194 Å². The SMILES string of the molecule is COc1ccc(C[C@@H](CC(=O)Nc2ccc3ccccc3c2)NC(=O)[C@@H](N)CCCN)cc1. The zero-order valence-electron chi connectivity index (χ0n) is 18.9. The van der Waals surface area contributed by atoms with Gasteiger partial charge in [0.1, 0.15) is 5.75 Å². The lowest BCUT2D eigenvalue weighted by molar-refractivity contribution is -0.123. The minimum Gasteiger partial charge on any atom is -0.497 e. The Morgan fingerprint density at radius 3 is 2.42 bits per heavy atom. The highest BCUT2D eigenvalue weighted by molar-refractivity contribution is 5.95. The number of rotatable bonds is 11. The van der Waals surface area contributed by atoms with Crippen LogP contribution in [0.1, 0.15) is 24.8 Å². The van der Waals surface area contributed by atoms with E-state index in [0.29, 0.717) is 31.5 Å². The summed E-state index contributed by atoms with van der Waals surface area (Å²) < 4.78 is 5.21. The van der Waals surface area contributed by atoms with E-state index in [4.69, 9.17) is 16.2 Å². The van der Waals surface area contributed by atoms with E-state index in [9.17, 15) is 9.59 Å². The minimum absolute atomic E-state index is 0.119. The molecule has 2 amide bonds. The van der Waals surface area contributed by atoms with Crippen molar-refractivity contribution in [2.24, 2.45) is 11.5 Å². The number of methoxy groups -OCH3 is 1. The Hall–Kier alpha value is -3.42. The molecule has 33 heavy (non-hydrogen) atoms. The average Bonchev–Trinajstić information content (AvgIpc) is 2.82. The van der Waals surface area contributed by atoms with Crippen molar-refractivity contribution in [3.8, 4) is 5.75 Å². The number of hydrogen-bond donors (Lipinski definition) is 4. The molecule has 3 rings (SSSR count). The number of carbonyl (C=O) groups is 2. The summed E-state index contributed by atoms with van der Waals surface area (Å²) in [5, 5.41) is 8.05. The van der Waals surface area contributed by atoms with Gasteiger partial charge >= 0.3 is 0 Å². The van der Waals surface area contributed by atoms with Gasteiger partial charge < -0.3 is 26.8 Å². The Morgan fingerprint density at radius 1 is 1.00 bits per heavy atom. The van der Waals surface area contributed by atoms with Gasteiger partial charge in [0.05, 0.1) is 13.2 Å². The molecular formula is C26H32N4O3. The monoisotopic (exact) mass is 448 g/mol. The maximum atomic E-state index is 12.8. The van der Waals surface area contributed by atoms with Crippen LogP contribution >= 0.6 is 0 Å². The Morgan fingerprint density at radius 2 is 1.73 bits per heavy atom. The van der Waals surface area contributed by atoms with Crippen molar-refractivity contribution in [2.45, 2.75) is 37.8 Å². The Bertz CT molecular complexity index is 1070. The summed E-state index contributed by atoms with van der Waals surface area (Å²) in [5.74, 6) is 0.289. The fourth-order valence-electron chi connectivity index (χ4n) is 3.70. The molecule has 2 atom stereocenters. The number of ether oxygens (including phenoxy) is 1. The molecule has 0 saturated carbocycles. The molecule has 6 N–H and O–H groups in total. The summed E-state index contributed by atoms with van der Waals surface area (Å²) in [5.41, 5.74) is 13.2. The van der Waals surface area contributed by atoms with Crippen LogP contribution < -0.4 is 26.8 Å². The molecule has 0 aliphatic heterocycles. The maximum absolute atomic E-state index is 12.8. The average molecular weight is 449 g/mol. The fraction of sp³-hybridized carbons (Fsp3) is 0.308. The van der Waals surface area contributed by atoms with Crippen molar-refractivity contribution >= 4 is 28.3 Å². The molecule has 174 valence electrons. The van der Waals surface area contributed by atoms with Gasteiger partial charge in [0, 0.05) is 18.2 Å². The van der Waals surface area contributed by atoms with Gasteiger partial charge in [-0.25, -0.2) is 0 Å². The largest absolute Gasteiger partial charge is 0.497 e. The second-order valence-corrected chi connectivity index (χ2v) is 8.11. The lowest BCUT2D eigenvalue weighted by Gasteiger charge is -2.21. The van der Waals surface area contributed by atoms with Gasteiger partial charge in [-0.1, -0.05) is 42.5 Å². The first kappa shape index (κ1) is 24.2. The predicted octanol–water partition coefficient (Wildman–Crippen LogP) is 2.97. The van der Waals surface area contributed by atoms with Crippen LogP contribution in [-0.4, -0.2) is 37.6 Å². The number of carbonyl (C=O) groups excluding carboxylic acids is 2. The number of hydrogen-bond acceptors (Lipinski definition) is 5. The van der Waals surface area contributed by atoms with Crippen molar-refractivity contribution < 1.29 is 14.3 Å². The van der Waals surface area contributed by atoms with E-state index >= 15 is 0 Å². The van der Waals surface area contributed by atoms with Gasteiger partial charge in [-0.2, -0.15) is 0 Å². The molecular weight excluding hydrogens is 416 g/mol. The summed E-state index contributed by atoms with van der Waals surface area (Å²) >= 11 is 0. The highest BCUT2D eigenvalue weighted by Crippen LogP contribution is 2.19. The molecule has 0 aromatic heterocycles. The number of nitrogens with two attached hydrogens (primary N) is 2. The molecule has 3 aromatic carbocycles. The van der Waals surface area contributed by atoms with E-state index in [2.05, 4.69) is 10.6 Å². The Kier molecular flexibility index (Phi) is 8.80. The van der Waals surface area contributed by atoms with Crippen LogP contribution in [0.3, 0.4) is 0 Å². The molecule has 0 heterocycles. The van der Waals surface area contributed by atoms with Crippen molar-refractivity contribution in [1.29, 1.82) is 0 Å². The number of anilines is 1.